The van der Waals surface area contributed by atoms with Crippen LogP contribution in [-0.2, 0) is 4.79 Å². The average molecular weight is 276 g/mol. The zero-order valence-corrected chi connectivity index (χ0v) is 13.6. The lowest BCUT2D eigenvalue weighted by molar-refractivity contribution is -0.120. The molecule has 112 valence electrons. The van der Waals surface area contributed by atoms with Gasteiger partial charge in [-0.1, -0.05) is 19.9 Å². The van der Waals surface area contributed by atoms with Gasteiger partial charge in [0.1, 0.15) is 0 Å². The number of primary amides is 1. The molecule has 0 heterocycles. The van der Waals surface area contributed by atoms with Crippen molar-refractivity contribution in [3.05, 3.63) is 33.9 Å². The molecule has 0 aliphatic rings. The van der Waals surface area contributed by atoms with Crippen LogP contribution >= 0.6 is 0 Å². The summed E-state index contributed by atoms with van der Waals surface area (Å²) < 4.78 is 0. The molecule has 1 aromatic carbocycles. The van der Waals surface area contributed by atoms with Crippen molar-refractivity contribution in [3.8, 4) is 0 Å². The minimum atomic E-state index is -0.268. The minimum absolute atomic E-state index is 0.0667. The molecule has 20 heavy (non-hydrogen) atoms. The third-order valence-corrected chi connectivity index (χ3v) is 4.22. The molecule has 1 rings (SSSR count). The van der Waals surface area contributed by atoms with Crippen LogP contribution in [0.3, 0.4) is 0 Å². The molecule has 0 radical (unpaired) electrons. The Morgan fingerprint density at radius 2 is 1.60 bits per heavy atom. The third kappa shape index (κ3) is 3.83. The second-order valence-electron chi connectivity index (χ2n) is 6.79. The topological polar surface area (TPSA) is 69.1 Å². The second-order valence-corrected chi connectivity index (χ2v) is 6.79. The number of hydrogen-bond donors (Lipinski definition) is 2. The SMILES string of the molecule is Cc1cc(C)c(C)c(C(N)CC(C)(C)CC(N)=O)c1C. The predicted octanol–water partition coefficient (Wildman–Crippen LogP) is 3.21. The number of nitrogens with two attached hydrogens (primary N) is 2. The fraction of sp³-hybridized carbons (Fsp3) is 0.588. The highest BCUT2D eigenvalue weighted by Gasteiger charge is 2.26. The van der Waals surface area contributed by atoms with E-state index in [0.29, 0.717) is 6.42 Å². The lowest BCUT2D eigenvalue weighted by Gasteiger charge is -2.29. The van der Waals surface area contributed by atoms with E-state index in [9.17, 15) is 4.79 Å². The summed E-state index contributed by atoms with van der Waals surface area (Å²) in [5.74, 6) is -0.268. The molecule has 1 amide bonds. The summed E-state index contributed by atoms with van der Waals surface area (Å²) >= 11 is 0. The van der Waals surface area contributed by atoms with E-state index in [1.165, 1.54) is 27.8 Å². The van der Waals surface area contributed by atoms with Gasteiger partial charge >= 0.3 is 0 Å². The van der Waals surface area contributed by atoms with Gasteiger partial charge in [-0.3, -0.25) is 4.79 Å². The summed E-state index contributed by atoms with van der Waals surface area (Å²) in [7, 11) is 0. The number of carbonyl (C=O) groups is 1. The lowest BCUT2D eigenvalue weighted by Crippen LogP contribution is -2.28. The molecule has 3 heteroatoms. The number of rotatable bonds is 5. The first kappa shape index (κ1) is 16.7. The zero-order valence-electron chi connectivity index (χ0n) is 13.6. The summed E-state index contributed by atoms with van der Waals surface area (Å²) in [6.45, 7) is 12.6. The van der Waals surface area contributed by atoms with Gasteiger partial charge in [-0.05, 0) is 67.3 Å². The van der Waals surface area contributed by atoms with Gasteiger partial charge in [0.15, 0.2) is 0 Å². The normalized spacial score (nSPS) is 13.3. The summed E-state index contributed by atoms with van der Waals surface area (Å²) in [4.78, 5) is 11.2. The van der Waals surface area contributed by atoms with Gasteiger partial charge in [-0.25, -0.2) is 0 Å². The van der Waals surface area contributed by atoms with Crippen molar-refractivity contribution in [1.82, 2.24) is 0 Å². The predicted molar refractivity (Wildman–Crippen MR) is 84.5 cm³/mol. The van der Waals surface area contributed by atoms with Gasteiger partial charge in [0.2, 0.25) is 5.91 Å². The maximum Gasteiger partial charge on any atom is 0.217 e. The largest absolute Gasteiger partial charge is 0.370 e. The molecule has 0 spiro atoms. The van der Waals surface area contributed by atoms with E-state index in [4.69, 9.17) is 11.5 Å². The lowest BCUT2D eigenvalue weighted by atomic mass is 9.78. The zero-order chi connectivity index (χ0) is 15.7. The van der Waals surface area contributed by atoms with E-state index in [2.05, 4.69) is 33.8 Å². The van der Waals surface area contributed by atoms with Crippen molar-refractivity contribution in [2.45, 2.75) is 60.4 Å². The first-order valence-corrected chi connectivity index (χ1v) is 7.16. The van der Waals surface area contributed by atoms with Crippen LogP contribution in [0, 0.1) is 33.1 Å². The Kier molecular flexibility index (Phi) is 4.98. The smallest absolute Gasteiger partial charge is 0.217 e. The highest BCUT2D eigenvalue weighted by atomic mass is 16.1. The molecule has 0 bridgehead atoms. The summed E-state index contributed by atoms with van der Waals surface area (Å²) in [5, 5.41) is 0. The number of hydrogen-bond acceptors (Lipinski definition) is 2. The fourth-order valence-corrected chi connectivity index (χ4v) is 3.04. The standard InChI is InChI=1S/C17H28N2O/c1-10-7-11(2)13(4)16(12(10)3)14(18)8-17(5,6)9-15(19)20/h7,14H,8-9,18H2,1-6H3,(H2,19,20). The van der Waals surface area contributed by atoms with Gasteiger partial charge in [0, 0.05) is 12.5 Å². The molecule has 0 saturated heterocycles. The second kappa shape index (κ2) is 5.96. The van der Waals surface area contributed by atoms with E-state index in [1.54, 1.807) is 0 Å². The molecular weight excluding hydrogens is 248 g/mol. The van der Waals surface area contributed by atoms with Crippen molar-refractivity contribution in [3.63, 3.8) is 0 Å². The van der Waals surface area contributed by atoms with Crippen LogP contribution in [0.5, 0.6) is 0 Å². The van der Waals surface area contributed by atoms with Crippen LogP contribution in [0.25, 0.3) is 0 Å². The highest BCUT2D eigenvalue weighted by molar-refractivity contribution is 5.74. The van der Waals surface area contributed by atoms with Crippen molar-refractivity contribution < 1.29 is 4.79 Å². The molecule has 0 saturated carbocycles. The fourth-order valence-electron chi connectivity index (χ4n) is 3.04. The van der Waals surface area contributed by atoms with Crippen LogP contribution in [0.4, 0.5) is 0 Å². The van der Waals surface area contributed by atoms with Gasteiger partial charge in [-0.15, -0.1) is 0 Å². The van der Waals surface area contributed by atoms with Gasteiger partial charge < -0.3 is 11.5 Å². The maximum absolute atomic E-state index is 11.2. The average Bonchev–Trinajstić information content (AvgIpc) is 2.23. The Morgan fingerprint density at radius 1 is 1.15 bits per heavy atom. The molecule has 0 aliphatic heterocycles. The van der Waals surface area contributed by atoms with Crippen LogP contribution in [-0.4, -0.2) is 5.91 Å². The van der Waals surface area contributed by atoms with E-state index in [1.807, 2.05) is 13.8 Å². The molecule has 0 aromatic heterocycles. The molecule has 0 fully saturated rings. The molecule has 0 aliphatic carbocycles. The Balaban J connectivity index is 3.10. The van der Waals surface area contributed by atoms with Crippen LogP contribution in [0.2, 0.25) is 0 Å². The molecule has 1 atom stereocenters. The van der Waals surface area contributed by atoms with Gasteiger partial charge in [0.25, 0.3) is 0 Å². The Hall–Kier alpha value is -1.35. The molecular formula is C17H28N2O. The van der Waals surface area contributed by atoms with E-state index in [-0.39, 0.29) is 17.4 Å². The number of aryl methyl sites for hydroxylation is 2. The number of benzene rings is 1. The first-order valence-electron chi connectivity index (χ1n) is 7.16. The monoisotopic (exact) mass is 276 g/mol. The quantitative estimate of drug-likeness (QED) is 0.867. The van der Waals surface area contributed by atoms with Gasteiger partial charge in [0.05, 0.1) is 0 Å². The summed E-state index contributed by atoms with van der Waals surface area (Å²) in [6, 6.07) is 2.14. The van der Waals surface area contributed by atoms with Crippen molar-refractivity contribution in [2.75, 3.05) is 0 Å². The van der Waals surface area contributed by atoms with Gasteiger partial charge in [-0.2, -0.15) is 0 Å². The Bertz CT molecular complexity index is 492. The summed E-state index contributed by atoms with van der Waals surface area (Å²) in [5.41, 5.74) is 17.9. The molecule has 3 nitrogen and oxygen atoms in total. The number of amides is 1. The Morgan fingerprint density at radius 3 is 2.00 bits per heavy atom. The van der Waals surface area contributed by atoms with Crippen LogP contribution in [0.1, 0.15) is 60.5 Å². The van der Waals surface area contributed by atoms with E-state index in [0.717, 1.165) is 6.42 Å². The van der Waals surface area contributed by atoms with E-state index >= 15 is 0 Å². The molecule has 1 unspecified atom stereocenters. The maximum atomic E-state index is 11.2. The van der Waals surface area contributed by atoms with Crippen molar-refractivity contribution in [1.29, 1.82) is 0 Å². The molecule has 1 aromatic rings. The third-order valence-electron chi connectivity index (χ3n) is 4.22. The number of carbonyl (C=O) groups excluding carboxylic acids is 1. The van der Waals surface area contributed by atoms with E-state index < -0.39 is 0 Å². The van der Waals surface area contributed by atoms with Crippen LogP contribution in [0.15, 0.2) is 6.07 Å². The first-order chi connectivity index (χ1) is 9.05. The molecule has 4 N–H and O–H groups in total. The Labute approximate surface area is 122 Å². The van der Waals surface area contributed by atoms with Crippen LogP contribution < -0.4 is 11.5 Å². The highest BCUT2D eigenvalue weighted by Crippen LogP contribution is 2.35. The summed E-state index contributed by atoms with van der Waals surface area (Å²) in [6.07, 6.45) is 1.12. The minimum Gasteiger partial charge on any atom is -0.370 e. The van der Waals surface area contributed by atoms with Crippen molar-refractivity contribution in [2.24, 2.45) is 16.9 Å². The van der Waals surface area contributed by atoms with Crippen molar-refractivity contribution >= 4 is 5.91 Å².